The van der Waals surface area contributed by atoms with Crippen LogP contribution in [0.4, 0.5) is 26.3 Å². The van der Waals surface area contributed by atoms with E-state index < -0.39 is 19.0 Å². The minimum atomic E-state index is -4.75. The molecule has 1 N–H and O–H groups in total. The van der Waals surface area contributed by atoms with Gasteiger partial charge in [-0.15, -0.1) is 13.2 Å². The van der Waals surface area contributed by atoms with Crippen LogP contribution in [0.2, 0.25) is 0 Å². The number of nitrogens with one attached hydrogen (secondary N) is 1. The summed E-state index contributed by atoms with van der Waals surface area (Å²) in [4.78, 5) is 0. The van der Waals surface area contributed by atoms with Crippen molar-refractivity contribution in [3.05, 3.63) is 29.8 Å². The molecule has 0 unspecified atom stereocenters. The summed E-state index contributed by atoms with van der Waals surface area (Å²) in [6.07, 6.45) is -9.36. The van der Waals surface area contributed by atoms with Gasteiger partial charge in [0, 0.05) is 13.0 Å². The summed E-state index contributed by atoms with van der Waals surface area (Å²) in [5, 5.41) is 2.87. The fraction of sp³-hybridized carbons (Fsp3) is 0.538. The van der Waals surface area contributed by atoms with Gasteiger partial charge in [0.2, 0.25) is 0 Å². The number of unbranched alkanes of at least 4 members (excludes halogenated alkanes) is 1. The zero-order valence-electron chi connectivity index (χ0n) is 11.0. The Bertz CT molecular complexity index is 429. The molecule has 0 atom stereocenters. The van der Waals surface area contributed by atoms with Gasteiger partial charge in [0.05, 0.1) is 0 Å². The zero-order valence-corrected chi connectivity index (χ0v) is 11.0. The smallest absolute Gasteiger partial charge is 0.406 e. The first-order chi connectivity index (χ1) is 9.66. The zero-order chi connectivity index (χ0) is 15.9. The predicted octanol–water partition coefficient (Wildman–Crippen LogP) is 4.41. The highest BCUT2D eigenvalue weighted by molar-refractivity contribution is 5.28. The third-order valence-electron chi connectivity index (χ3n) is 2.52. The topological polar surface area (TPSA) is 21.3 Å². The summed E-state index contributed by atoms with van der Waals surface area (Å²) in [5.74, 6) is -0.320. The Labute approximate surface area is 118 Å². The lowest BCUT2D eigenvalue weighted by molar-refractivity contribution is -0.274. The Hall–Kier alpha value is -1.44. The first kappa shape index (κ1) is 17.6. The molecular weight excluding hydrogens is 300 g/mol. The van der Waals surface area contributed by atoms with E-state index in [0.29, 0.717) is 18.5 Å². The molecule has 0 amide bonds. The van der Waals surface area contributed by atoms with E-state index >= 15 is 0 Å². The number of rotatable bonds is 7. The first-order valence-corrected chi connectivity index (χ1v) is 6.28. The summed E-state index contributed by atoms with van der Waals surface area (Å²) in [7, 11) is 0. The number of benzene rings is 1. The Morgan fingerprint density at radius 1 is 1.00 bits per heavy atom. The summed E-state index contributed by atoms with van der Waals surface area (Å²) in [5.41, 5.74) is 0.563. The van der Waals surface area contributed by atoms with Crippen molar-refractivity contribution in [2.24, 2.45) is 0 Å². The van der Waals surface area contributed by atoms with E-state index in [1.54, 1.807) is 6.07 Å². The second kappa shape index (κ2) is 7.53. The number of ether oxygens (including phenoxy) is 1. The van der Waals surface area contributed by atoms with Gasteiger partial charge in [0.25, 0.3) is 0 Å². The van der Waals surface area contributed by atoms with Crippen molar-refractivity contribution >= 4 is 0 Å². The van der Waals surface area contributed by atoms with Gasteiger partial charge in [0.15, 0.2) is 0 Å². The van der Waals surface area contributed by atoms with Crippen LogP contribution in [0.5, 0.6) is 5.75 Å². The standard InChI is InChI=1S/C13H15F6NO/c14-12(15,16)6-1-2-7-20-9-10-4-3-5-11(8-10)21-13(17,18)19/h3-5,8,20H,1-2,6-7,9H2. The van der Waals surface area contributed by atoms with E-state index in [4.69, 9.17) is 0 Å². The van der Waals surface area contributed by atoms with Crippen molar-refractivity contribution in [3.63, 3.8) is 0 Å². The molecule has 1 aromatic carbocycles. The van der Waals surface area contributed by atoms with Crippen LogP contribution in [0, 0.1) is 0 Å². The van der Waals surface area contributed by atoms with Crippen LogP contribution >= 0.6 is 0 Å². The molecule has 1 rings (SSSR count). The van der Waals surface area contributed by atoms with Crippen molar-refractivity contribution < 1.29 is 31.1 Å². The maximum Gasteiger partial charge on any atom is 0.573 e. The van der Waals surface area contributed by atoms with Crippen LogP contribution in [-0.4, -0.2) is 19.1 Å². The molecule has 120 valence electrons. The summed E-state index contributed by atoms with van der Waals surface area (Å²) < 4.78 is 75.5. The molecule has 0 saturated heterocycles. The molecule has 0 spiro atoms. The molecule has 0 aliphatic carbocycles. The molecular formula is C13H15F6NO. The molecule has 1 aromatic rings. The van der Waals surface area contributed by atoms with Gasteiger partial charge in [-0.05, 0) is 37.1 Å². The van der Waals surface area contributed by atoms with Gasteiger partial charge in [-0.3, -0.25) is 0 Å². The molecule has 0 heterocycles. The Balaban J connectivity index is 2.28. The van der Waals surface area contributed by atoms with Gasteiger partial charge in [0.1, 0.15) is 5.75 Å². The molecule has 21 heavy (non-hydrogen) atoms. The predicted molar refractivity (Wildman–Crippen MR) is 64.7 cm³/mol. The third kappa shape index (κ3) is 9.17. The van der Waals surface area contributed by atoms with E-state index in [1.165, 1.54) is 18.2 Å². The average Bonchev–Trinajstić information content (AvgIpc) is 2.30. The lowest BCUT2D eigenvalue weighted by Gasteiger charge is -2.10. The van der Waals surface area contributed by atoms with Gasteiger partial charge in [-0.1, -0.05) is 12.1 Å². The number of halogens is 6. The second-order valence-corrected chi connectivity index (χ2v) is 4.44. The van der Waals surface area contributed by atoms with Crippen molar-refractivity contribution in [1.29, 1.82) is 0 Å². The number of alkyl halides is 6. The largest absolute Gasteiger partial charge is 0.573 e. The highest BCUT2D eigenvalue weighted by Gasteiger charge is 2.31. The van der Waals surface area contributed by atoms with E-state index in [9.17, 15) is 26.3 Å². The van der Waals surface area contributed by atoms with Crippen LogP contribution in [-0.2, 0) is 6.54 Å². The van der Waals surface area contributed by atoms with Gasteiger partial charge < -0.3 is 10.1 Å². The van der Waals surface area contributed by atoms with Crippen molar-refractivity contribution in [3.8, 4) is 5.75 Å². The summed E-state index contributed by atoms with van der Waals surface area (Å²) in [6, 6.07) is 5.43. The molecule has 0 aromatic heterocycles. The van der Waals surface area contributed by atoms with E-state index in [1.807, 2.05) is 0 Å². The van der Waals surface area contributed by atoms with Gasteiger partial charge in [-0.2, -0.15) is 13.2 Å². The molecule has 0 saturated carbocycles. The molecule has 2 nitrogen and oxygen atoms in total. The second-order valence-electron chi connectivity index (χ2n) is 4.44. The molecule has 0 aliphatic rings. The van der Waals surface area contributed by atoms with Crippen LogP contribution in [0.25, 0.3) is 0 Å². The quantitative estimate of drug-likeness (QED) is 0.594. The number of hydrogen-bond acceptors (Lipinski definition) is 2. The molecule has 0 radical (unpaired) electrons. The van der Waals surface area contributed by atoms with Gasteiger partial charge >= 0.3 is 12.5 Å². The van der Waals surface area contributed by atoms with Crippen molar-refractivity contribution in [2.45, 2.75) is 38.3 Å². The fourth-order valence-electron chi connectivity index (χ4n) is 1.66. The van der Waals surface area contributed by atoms with E-state index in [2.05, 4.69) is 10.1 Å². The third-order valence-corrected chi connectivity index (χ3v) is 2.52. The molecule has 0 bridgehead atoms. The summed E-state index contributed by atoms with van der Waals surface area (Å²) >= 11 is 0. The Morgan fingerprint density at radius 3 is 2.33 bits per heavy atom. The normalized spacial score (nSPS) is 12.5. The highest BCUT2D eigenvalue weighted by atomic mass is 19.4. The van der Waals surface area contributed by atoms with E-state index in [0.717, 1.165) is 0 Å². The minimum Gasteiger partial charge on any atom is -0.406 e. The molecule has 0 fully saturated rings. The monoisotopic (exact) mass is 315 g/mol. The molecule has 8 heteroatoms. The maximum atomic E-state index is 12.0. The van der Waals surface area contributed by atoms with Crippen molar-refractivity contribution in [1.82, 2.24) is 5.32 Å². The van der Waals surface area contributed by atoms with Crippen LogP contribution in [0.15, 0.2) is 24.3 Å². The Morgan fingerprint density at radius 2 is 1.71 bits per heavy atom. The Kier molecular flexibility index (Phi) is 6.32. The van der Waals surface area contributed by atoms with Crippen LogP contribution < -0.4 is 10.1 Å². The first-order valence-electron chi connectivity index (χ1n) is 6.28. The van der Waals surface area contributed by atoms with Gasteiger partial charge in [-0.25, -0.2) is 0 Å². The highest BCUT2D eigenvalue weighted by Crippen LogP contribution is 2.23. The van der Waals surface area contributed by atoms with Crippen LogP contribution in [0.3, 0.4) is 0 Å². The summed E-state index contributed by atoms with van der Waals surface area (Å²) in [6.45, 7) is 0.626. The fourth-order valence-corrected chi connectivity index (χ4v) is 1.66. The van der Waals surface area contributed by atoms with Crippen molar-refractivity contribution in [2.75, 3.05) is 6.54 Å². The lowest BCUT2D eigenvalue weighted by Crippen LogP contribution is -2.18. The average molecular weight is 315 g/mol. The lowest BCUT2D eigenvalue weighted by atomic mass is 10.2. The molecule has 0 aliphatic heterocycles. The van der Waals surface area contributed by atoms with Crippen LogP contribution in [0.1, 0.15) is 24.8 Å². The minimum absolute atomic E-state index is 0.0216. The number of hydrogen-bond donors (Lipinski definition) is 1. The van der Waals surface area contributed by atoms with E-state index in [-0.39, 0.29) is 18.7 Å². The maximum absolute atomic E-state index is 12.0. The SMILES string of the molecule is FC(F)(F)CCCCNCc1cccc(OC(F)(F)F)c1.